The van der Waals surface area contributed by atoms with Gasteiger partial charge in [0.15, 0.2) is 0 Å². The summed E-state index contributed by atoms with van der Waals surface area (Å²) in [6.07, 6.45) is 1.42. The number of carbonyl (C=O) groups is 3. The number of hydrogen-bond acceptors (Lipinski definition) is 5. The van der Waals surface area contributed by atoms with Crippen LogP contribution in [-0.2, 0) is 14.3 Å². The number of nitrogens with one attached hydrogen (secondary N) is 1. The topological polar surface area (TPSA) is 92.7 Å². The average Bonchev–Trinajstić information content (AvgIpc) is 3.07. The number of rotatable bonds is 5. The van der Waals surface area contributed by atoms with Gasteiger partial charge in [-0.2, -0.15) is 0 Å². The molecule has 1 amide bonds. The Balaban J connectivity index is 1.99. The van der Waals surface area contributed by atoms with Crippen molar-refractivity contribution < 1.29 is 24.2 Å². The molecule has 6 nitrogen and oxygen atoms in total. The van der Waals surface area contributed by atoms with E-state index in [1.54, 1.807) is 18.4 Å². The number of anilines is 1. The van der Waals surface area contributed by atoms with Crippen molar-refractivity contribution in [2.75, 3.05) is 11.9 Å². The molecule has 1 fully saturated rings. The van der Waals surface area contributed by atoms with E-state index < -0.39 is 17.9 Å². The summed E-state index contributed by atoms with van der Waals surface area (Å²) in [6.45, 7) is 1.98. The summed E-state index contributed by atoms with van der Waals surface area (Å²) in [5.41, 5.74) is 0.336. The summed E-state index contributed by atoms with van der Waals surface area (Å²) in [5.74, 6) is -2.32. The molecule has 1 aliphatic rings. The van der Waals surface area contributed by atoms with Gasteiger partial charge in [-0.3, -0.25) is 9.59 Å². The van der Waals surface area contributed by atoms with Crippen LogP contribution in [0.15, 0.2) is 11.4 Å². The molecule has 0 spiro atoms. The molecule has 0 radical (unpaired) electrons. The molecule has 0 bridgehead atoms. The number of thiophene rings is 1. The minimum absolute atomic E-state index is 0.230. The third-order valence-corrected chi connectivity index (χ3v) is 4.38. The monoisotopic (exact) mass is 311 g/mol. The zero-order chi connectivity index (χ0) is 15.4. The van der Waals surface area contributed by atoms with Crippen molar-refractivity contribution in [3.63, 3.8) is 0 Å². The maximum atomic E-state index is 12.2. The van der Waals surface area contributed by atoms with Gasteiger partial charge in [-0.25, -0.2) is 4.79 Å². The van der Waals surface area contributed by atoms with Gasteiger partial charge < -0.3 is 15.2 Å². The first-order valence-electron chi connectivity index (χ1n) is 6.81. The molecule has 1 aromatic rings. The van der Waals surface area contributed by atoms with Crippen molar-refractivity contribution in [1.29, 1.82) is 0 Å². The van der Waals surface area contributed by atoms with Gasteiger partial charge in [-0.15, -0.1) is 11.3 Å². The Morgan fingerprint density at radius 3 is 2.71 bits per heavy atom. The third-order valence-electron chi connectivity index (χ3n) is 3.55. The Labute approximate surface area is 126 Å². The van der Waals surface area contributed by atoms with Gasteiger partial charge in [-0.05, 0) is 37.6 Å². The summed E-state index contributed by atoms with van der Waals surface area (Å²) >= 11 is 1.25. The fraction of sp³-hybridized carbons (Fsp3) is 0.500. The lowest BCUT2D eigenvalue weighted by Gasteiger charge is -2.10. The van der Waals surface area contributed by atoms with Crippen LogP contribution in [0, 0.1) is 11.8 Å². The highest BCUT2D eigenvalue weighted by atomic mass is 32.1. The van der Waals surface area contributed by atoms with E-state index in [0.717, 1.165) is 0 Å². The number of carbonyl (C=O) groups excluding carboxylic acids is 2. The molecule has 1 heterocycles. The van der Waals surface area contributed by atoms with Gasteiger partial charge in [0.05, 0.1) is 18.1 Å². The van der Waals surface area contributed by atoms with Crippen LogP contribution in [0.2, 0.25) is 0 Å². The maximum absolute atomic E-state index is 12.2. The van der Waals surface area contributed by atoms with Crippen LogP contribution in [0.1, 0.15) is 36.5 Å². The number of esters is 1. The summed E-state index contributed by atoms with van der Waals surface area (Å²) in [7, 11) is 0. The minimum Gasteiger partial charge on any atom is -0.481 e. The first-order valence-corrected chi connectivity index (χ1v) is 7.69. The summed E-state index contributed by atoms with van der Waals surface area (Å²) in [6, 6.07) is 1.60. The molecule has 1 aliphatic carbocycles. The fourth-order valence-corrected chi connectivity index (χ4v) is 3.21. The SMILES string of the molecule is CCOC(=O)c1ccsc1NC(=O)[C@@H]1CC[C@H](C(=O)O)C1. The Morgan fingerprint density at radius 2 is 2.10 bits per heavy atom. The molecule has 0 aliphatic heterocycles. The summed E-state index contributed by atoms with van der Waals surface area (Å²) in [5, 5.41) is 13.8. The number of ether oxygens (including phenoxy) is 1. The molecule has 2 rings (SSSR count). The van der Waals surface area contributed by atoms with Gasteiger partial charge in [0.25, 0.3) is 0 Å². The number of carboxylic acid groups (broad SMARTS) is 1. The Morgan fingerprint density at radius 1 is 1.38 bits per heavy atom. The third kappa shape index (κ3) is 3.60. The second-order valence-electron chi connectivity index (χ2n) is 4.92. The van der Waals surface area contributed by atoms with Gasteiger partial charge >= 0.3 is 11.9 Å². The van der Waals surface area contributed by atoms with Crippen LogP contribution in [0.3, 0.4) is 0 Å². The largest absolute Gasteiger partial charge is 0.481 e. The van der Waals surface area contributed by atoms with Crippen LogP contribution in [0.4, 0.5) is 5.00 Å². The zero-order valence-electron chi connectivity index (χ0n) is 11.6. The molecule has 1 aromatic heterocycles. The molecule has 0 unspecified atom stereocenters. The molecule has 2 N–H and O–H groups in total. The van der Waals surface area contributed by atoms with Gasteiger partial charge in [-0.1, -0.05) is 0 Å². The first-order chi connectivity index (χ1) is 10.0. The van der Waals surface area contributed by atoms with Crippen molar-refractivity contribution in [2.24, 2.45) is 11.8 Å². The molecule has 0 aromatic carbocycles. The van der Waals surface area contributed by atoms with E-state index in [4.69, 9.17) is 9.84 Å². The predicted molar refractivity (Wildman–Crippen MR) is 77.4 cm³/mol. The van der Waals surface area contributed by atoms with E-state index in [-0.39, 0.29) is 18.4 Å². The van der Waals surface area contributed by atoms with E-state index in [1.807, 2.05) is 0 Å². The maximum Gasteiger partial charge on any atom is 0.341 e. The number of hydrogen-bond donors (Lipinski definition) is 2. The quantitative estimate of drug-likeness (QED) is 0.814. The lowest BCUT2D eigenvalue weighted by Crippen LogP contribution is -2.22. The Hall–Kier alpha value is -1.89. The standard InChI is InChI=1S/C14H17NO5S/c1-2-20-14(19)10-5-6-21-12(10)15-11(16)8-3-4-9(7-8)13(17)18/h5-6,8-9H,2-4,7H2,1H3,(H,15,16)(H,17,18)/t8-,9+/m1/s1. The number of amides is 1. The van der Waals surface area contributed by atoms with E-state index in [0.29, 0.717) is 29.8 Å². The molecule has 114 valence electrons. The zero-order valence-corrected chi connectivity index (χ0v) is 12.4. The number of carboxylic acids is 1. The highest BCUT2D eigenvalue weighted by Crippen LogP contribution is 2.33. The van der Waals surface area contributed by atoms with Crippen molar-refractivity contribution in [3.05, 3.63) is 17.0 Å². The smallest absolute Gasteiger partial charge is 0.341 e. The van der Waals surface area contributed by atoms with Gasteiger partial charge in [0.2, 0.25) is 5.91 Å². The van der Waals surface area contributed by atoms with Crippen molar-refractivity contribution >= 4 is 34.2 Å². The molecular formula is C14H17NO5S. The Bertz CT molecular complexity index is 553. The van der Waals surface area contributed by atoms with Crippen molar-refractivity contribution in [1.82, 2.24) is 0 Å². The van der Waals surface area contributed by atoms with Crippen LogP contribution >= 0.6 is 11.3 Å². The minimum atomic E-state index is -0.853. The molecule has 1 saturated carbocycles. The van der Waals surface area contributed by atoms with Crippen LogP contribution in [0.25, 0.3) is 0 Å². The van der Waals surface area contributed by atoms with Gasteiger partial charge in [0.1, 0.15) is 5.00 Å². The molecule has 0 saturated heterocycles. The predicted octanol–water partition coefficient (Wildman–Crippen LogP) is 2.36. The molecule has 7 heteroatoms. The highest BCUT2D eigenvalue weighted by molar-refractivity contribution is 7.14. The van der Waals surface area contributed by atoms with Gasteiger partial charge in [0, 0.05) is 5.92 Å². The fourth-order valence-electron chi connectivity index (χ4n) is 2.43. The van der Waals surface area contributed by atoms with Crippen LogP contribution in [-0.4, -0.2) is 29.6 Å². The van der Waals surface area contributed by atoms with Crippen LogP contribution in [0.5, 0.6) is 0 Å². The molecular weight excluding hydrogens is 294 g/mol. The second-order valence-corrected chi connectivity index (χ2v) is 5.83. The normalized spacial score (nSPS) is 21.0. The van der Waals surface area contributed by atoms with E-state index in [2.05, 4.69) is 5.32 Å². The second kappa shape index (κ2) is 6.71. The van der Waals surface area contributed by atoms with Crippen molar-refractivity contribution in [3.8, 4) is 0 Å². The molecule has 2 atom stereocenters. The first kappa shape index (κ1) is 15.5. The van der Waals surface area contributed by atoms with E-state index >= 15 is 0 Å². The lowest BCUT2D eigenvalue weighted by atomic mass is 10.0. The molecule has 21 heavy (non-hydrogen) atoms. The average molecular weight is 311 g/mol. The Kier molecular flexibility index (Phi) is 4.95. The van der Waals surface area contributed by atoms with E-state index in [1.165, 1.54) is 11.3 Å². The summed E-state index contributed by atoms with van der Waals surface area (Å²) in [4.78, 5) is 34.8. The van der Waals surface area contributed by atoms with E-state index in [9.17, 15) is 14.4 Å². The highest BCUT2D eigenvalue weighted by Gasteiger charge is 2.34. The van der Waals surface area contributed by atoms with Crippen LogP contribution < -0.4 is 5.32 Å². The number of aliphatic carboxylic acids is 1. The van der Waals surface area contributed by atoms with Crippen molar-refractivity contribution in [2.45, 2.75) is 26.2 Å². The lowest BCUT2D eigenvalue weighted by molar-refractivity contribution is -0.141. The summed E-state index contributed by atoms with van der Waals surface area (Å²) < 4.78 is 4.92.